The molecule has 0 unspecified atom stereocenters. The van der Waals surface area contributed by atoms with E-state index < -0.39 is 0 Å². The first kappa shape index (κ1) is 37.0. The molecule has 0 spiro atoms. The molecule has 8 aromatic rings. The molecule has 0 bridgehead atoms. The Hall–Kier alpha value is -7.99. The van der Waals surface area contributed by atoms with Crippen molar-refractivity contribution in [1.29, 1.82) is 5.26 Å². The Bertz CT molecular complexity index is 2970. The van der Waals surface area contributed by atoms with Gasteiger partial charge in [0.2, 0.25) is 0 Å². The van der Waals surface area contributed by atoms with E-state index in [4.69, 9.17) is 6.57 Å². The third-order valence-electron chi connectivity index (χ3n) is 13.4. The molecule has 2 heterocycles. The Morgan fingerprint density at radius 1 is 0.452 bits per heavy atom. The Balaban J connectivity index is 1.21. The topological polar surface area (TPSA) is 51.7 Å². The van der Waals surface area contributed by atoms with Crippen molar-refractivity contribution >= 4 is 45.6 Å². The zero-order valence-corrected chi connectivity index (χ0v) is 34.9. The molecule has 8 aromatic carbocycles. The molecule has 1 aliphatic carbocycles. The van der Waals surface area contributed by atoms with Crippen molar-refractivity contribution in [3.63, 3.8) is 0 Å². The van der Waals surface area contributed by atoms with Crippen molar-refractivity contribution in [3.8, 4) is 39.4 Å². The Morgan fingerprint density at radius 3 is 1.16 bits per heavy atom. The van der Waals surface area contributed by atoms with Crippen molar-refractivity contribution in [2.75, 3.05) is 9.80 Å². The summed E-state index contributed by atoms with van der Waals surface area (Å²) in [7, 11) is 0. The summed E-state index contributed by atoms with van der Waals surface area (Å²) in [5, 5.41) is 9.75. The van der Waals surface area contributed by atoms with Gasteiger partial charge in [-0.05, 0) is 105 Å². The lowest BCUT2D eigenvalue weighted by molar-refractivity contribution is 0.104. The van der Waals surface area contributed by atoms with Gasteiger partial charge in [0, 0.05) is 33.1 Å². The van der Waals surface area contributed by atoms with E-state index in [1.807, 2.05) is 48.5 Å². The highest BCUT2D eigenvalue weighted by Gasteiger charge is 2.41. The van der Waals surface area contributed by atoms with Gasteiger partial charge in [0.1, 0.15) is 0 Å². The number of rotatable bonds is 4. The normalized spacial score (nSPS) is 14.6. The maximum absolute atomic E-state index is 15.1. The lowest BCUT2D eigenvalue weighted by Crippen LogP contribution is -2.30. The number of anilines is 6. The van der Waals surface area contributed by atoms with Crippen molar-refractivity contribution in [2.45, 2.75) is 38.5 Å². The van der Waals surface area contributed by atoms with Crippen LogP contribution in [0.4, 0.5) is 39.8 Å². The fourth-order valence-electron chi connectivity index (χ4n) is 10.3. The van der Waals surface area contributed by atoms with Crippen LogP contribution in [0.15, 0.2) is 170 Å². The van der Waals surface area contributed by atoms with E-state index in [-0.39, 0.29) is 16.6 Å². The Kier molecular flexibility index (Phi) is 8.07. The third-order valence-corrected chi connectivity index (χ3v) is 13.4. The number of hydrogen-bond acceptors (Lipinski definition) is 4. The molecule has 0 saturated carbocycles. The number of fused-ring (bicyclic) bond motifs is 7. The van der Waals surface area contributed by atoms with Gasteiger partial charge < -0.3 is 9.80 Å². The van der Waals surface area contributed by atoms with Crippen LogP contribution in [0.3, 0.4) is 0 Å². The quantitative estimate of drug-likeness (QED) is 0.166. The maximum Gasteiger partial charge on any atom is 0.194 e. The number of hydrogen-bond donors (Lipinski definition) is 0. The molecule has 62 heavy (non-hydrogen) atoms. The molecular weight excluding hydrogens is 757 g/mol. The molecule has 0 fully saturated rings. The molecule has 11 rings (SSSR count). The smallest absolute Gasteiger partial charge is 0.194 e. The van der Waals surface area contributed by atoms with Crippen LogP contribution >= 0.6 is 0 Å². The summed E-state index contributed by atoms with van der Waals surface area (Å²) in [4.78, 5) is 23.5. The third kappa shape index (κ3) is 5.29. The number of benzene rings is 8. The van der Waals surface area contributed by atoms with Crippen LogP contribution in [-0.2, 0) is 10.8 Å². The summed E-state index contributed by atoms with van der Waals surface area (Å²) in [5.74, 6) is -0.0387. The van der Waals surface area contributed by atoms with Gasteiger partial charge in [-0.15, -0.1) is 0 Å². The minimum absolute atomic E-state index is 0.0387. The maximum atomic E-state index is 15.1. The van der Waals surface area contributed by atoms with E-state index in [1.165, 1.54) is 22.3 Å². The van der Waals surface area contributed by atoms with Gasteiger partial charge in [-0.3, -0.25) is 4.79 Å². The summed E-state index contributed by atoms with van der Waals surface area (Å²) in [6.07, 6.45) is 0. The Labute approximate surface area is 362 Å². The minimum atomic E-state index is -0.258. The molecule has 5 nitrogen and oxygen atoms in total. The lowest BCUT2D eigenvalue weighted by Gasteiger charge is -2.43. The van der Waals surface area contributed by atoms with Gasteiger partial charge in [-0.25, -0.2) is 4.85 Å². The fraction of sp³-hybridized carbons (Fsp3) is 0.105. The summed E-state index contributed by atoms with van der Waals surface area (Å²) in [6, 6.07) is 60.7. The highest BCUT2D eigenvalue weighted by Crippen LogP contribution is 2.58. The molecule has 0 radical (unpaired) electrons. The number of carbonyl (C=O) groups is 1. The van der Waals surface area contributed by atoms with Gasteiger partial charge in [-0.1, -0.05) is 137 Å². The second kappa shape index (κ2) is 13.5. The van der Waals surface area contributed by atoms with E-state index in [0.717, 1.165) is 67.5 Å². The van der Waals surface area contributed by atoms with Crippen LogP contribution < -0.4 is 9.80 Å². The van der Waals surface area contributed by atoms with E-state index >= 15 is 4.79 Å². The van der Waals surface area contributed by atoms with Crippen molar-refractivity contribution in [1.82, 2.24) is 0 Å². The number of carbonyl (C=O) groups excluding carboxylic acids is 1. The molecule has 294 valence electrons. The molecule has 5 heteroatoms. The highest BCUT2D eigenvalue weighted by molar-refractivity contribution is 6.24. The molecule has 0 aromatic heterocycles. The predicted molar refractivity (Wildman–Crippen MR) is 251 cm³/mol. The zero-order valence-electron chi connectivity index (χ0n) is 34.9. The standard InChI is InChI=1S/C57H40N4O/c1-56(2)45-14-6-10-18-49(45)60(50-19-11-7-15-46(50)56)53-32-41-42-33-54(61-51-20-12-8-16-47(51)57(3,4)48-17-9-13-21-52(48)61)40(37-26-28-38(59-5)29-27-37)31-44(42)55(62)43(41)30-39(53)36-24-22-35(34-58)23-25-36/h6-33H,1-4H3. The number of nitrogens with zero attached hydrogens (tertiary/aromatic N) is 4. The first-order valence-corrected chi connectivity index (χ1v) is 21.0. The highest BCUT2D eigenvalue weighted by atomic mass is 16.1. The molecule has 2 aliphatic heterocycles. The van der Waals surface area contributed by atoms with Gasteiger partial charge in [-0.2, -0.15) is 5.26 Å². The van der Waals surface area contributed by atoms with Gasteiger partial charge in [0.25, 0.3) is 0 Å². The van der Waals surface area contributed by atoms with E-state index in [9.17, 15) is 5.26 Å². The average molecular weight is 797 g/mol. The average Bonchev–Trinajstić information content (AvgIpc) is 3.57. The molecule has 0 saturated heterocycles. The second-order valence-electron chi connectivity index (χ2n) is 17.5. The van der Waals surface area contributed by atoms with Crippen LogP contribution in [0, 0.1) is 17.9 Å². The van der Waals surface area contributed by atoms with Crippen LogP contribution in [0.25, 0.3) is 38.2 Å². The van der Waals surface area contributed by atoms with Gasteiger partial charge in [0.05, 0.1) is 52.3 Å². The van der Waals surface area contributed by atoms with Gasteiger partial charge >= 0.3 is 0 Å². The summed E-state index contributed by atoms with van der Waals surface area (Å²) in [6.45, 7) is 16.8. The van der Waals surface area contributed by atoms with Crippen molar-refractivity contribution in [3.05, 3.63) is 220 Å². The summed E-state index contributed by atoms with van der Waals surface area (Å²) < 4.78 is 0. The first-order valence-electron chi connectivity index (χ1n) is 21.0. The van der Waals surface area contributed by atoms with Crippen LogP contribution in [0.5, 0.6) is 0 Å². The van der Waals surface area contributed by atoms with Crippen molar-refractivity contribution in [2.24, 2.45) is 0 Å². The summed E-state index contributed by atoms with van der Waals surface area (Å²) >= 11 is 0. The summed E-state index contributed by atoms with van der Waals surface area (Å²) in [5.41, 5.74) is 18.3. The molecule has 0 atom stereocenters. The monoisotopic (exact) mass is 796 g/mol. The van der Waals surface area contributed by atoms with E-state index in [0.29, 0.717) is 22.4 Å². The predicted octanol–water partition coefficient (Wildman–Crippen LogP) is 14.9. The van der Waals surface area contributed by atoms with Crippen LogP contribution in [0.2, 0.25) is 0 Å². The first-order chi connectivity index (χ1) is 30.1. The molecular formula is C57H40N4O. The fourth-order valence-corrected chi connectivity index (χ4v) is 10.3. The second-order valence-corrected chi connectivity index (χ2v) is 17.5. The molecule has 0 amide bonds. The van der Waals surface area contributed by atoms with Crippen molar-refractivity contribution < 1.29 is 4.79 Å². The zero-order chi connectivity index (χ0) is 42.5. The van der Waals surface area contributed by atoms with E-state index in [1.54, 1.807) is 0 Å². The number of ketones is 1. The van der Waals surface area contributed by atoms with E-state index in [2.05, 4.69) is 170 Å². The lowest BCUT2D eigenvalue weighted by atomic mass is 9.73. The molecule has 0 N–H and O–H groups in total. The number of nitriles is 1. The minimum Gasteiger partial charge on any atom is -0.309 e. The van der Waals surface area contributed by atoms with Gasteiger partial charge in [0.15, 0.2) is 11.5 Å². The largest absolute Gasteiger partial charge is 0.309 e. The number of para-hydroxylation sites is 4. The van der Waals surface area contributed by atoms with Crippen LogP contribution in [-0.4, -0.2) is 5.78 Å². The Morgan fingerprint density at radius 2 is 0.806 bits per heavy atom. The van der Waals surface area contributed by atoms with Crippen LogP contribution in [0.1, 0.15) is 71.4 Å². The molecule has 3 aliphatic rings. The SMILES string of the molecule is [C-]#[N+]c1ccc(-c2cc3c(cc2N2c4ccccc4C(C)(C)c4ccccc42)-c2cc(N4c5ccccc5C(C)(C)c5ccccc54)c(-c4ccc(C#N)cc4)cc2C3=O)cc1.